The van der Waals surface area contributed by atoms with Crippen molar-refractivity contribution in [3.63, 3.8) is 0 Å². The Bertz CT molecular complexity index is 590. The first-order chi connectivity index (χ1) is 10.1. The van der Waals surface area contributed by atoms with Gasteiger partial charge in [0.25, 0.3) is 0 Å². The fourth-order valence-electron chi connectivity index (χ4n) is 1.85. The molecule has 0 aliphatic carbocycles. The summed E-state index contributed by atoms with van der Waals surface area (Å²) in [6, 6.07) is 8.12. The average Bonchev–Trinajstić information content (AvgIpc) is 2.94. The Morgan fingerprint density at radius 1 is 1.33 bits per heavy atom. The molecule has 5 heteroatoms. The molecule has 0 spiro atoms. The lowest BCUT2D eigenvalue weighted by Crippen LogP contribution is -2.32. The zero-order chi connectivity index (χ0) is 15.2. The van der Waals surface area contributed by atoms with E-state index < -0.39 is 0 Å². The molecule has 0 aliphatic rings. The van der Waals surface area contributed by atoms with Gasteiger partial charge in [0.1, 0.15) is 0 Å². The highest BCUT2D eigenvalue weighted by molar-refractivity contribution is 5.76. The zero-order valence-electron chi connectivity index (χ0n) is 12.7. The Hall–Kier alpha value is -2.17. The van der Waals surface area contributed by atoms with E-state index in [0.29, 0.717) is 24.6 Å². The van der Waals surface area contributed by atoms with Crippen LogP contribution in [-0.4, -0.2) is 22.1 Å². The molecule has 0 fully saturated rings. The fraction of sp³-hybridized carbons (Fsp3) is 0.438. The molecule has 0 unspecified atom stereocenters. The standard InChI is InChI=1S/C16H21N3O2/c1-4-12(3)17-14(20)9-10-15-18-16(19-21-15)13-7-5-11(2)6-8-13/h5-8,12H,4,9-10H2,1-3H3,(H,17,20)/t12-/m1/s1. The molecule has 112 valence electrons. The summed E-state index contributed by atoms with van der Waals surface area (Å²) in [5, 5.41) is 6.87. The second kappa shape index (κ2) is 7.02. The van der Waals surface area contributed by atoms with Gasteiger partial charge in [-0.1, -0.05) is 41.9 Å². The van der Waals surface area contributed by atoms with Gasteiger partial charge in [-0.25, -0.2) is 0 Å². The molecule has 0 radical (unpaired) electrons. The quantitative estimate of drug-likeness (QED) is 0.887. The molecular formula is C16H21N3O2. The molecule has 5 nitrogen and oxygen atoms in total. The number of amides is 1. The van der Waals surface area contributed by atoms with Crippen molar-refractivity contribution in [2.24, 2.45) is 0 Å². The number of hydrogen-bond donors (Lipinski definition) is 1. The minimum Gasteiger partial charge on any atom is -0.354 e. The monoisotopic (exact) mass is 287 g/mol. The largest absolute Gasteiger partial charge is 0.354 e. The second-order valence-electron chi connectivity index (χ2n) is 5.25. The summed E-state index contributed by atoms with van der Waals surface area (Å²) in [6.07, 6.45) is 1.74. The van der Waals surface area contributed by atoms with Crippen LogP contribution in [0.25, 0.3) is 11.4 Å². The first-order valence-electron chi connectivity index (χ1n) is 7.27. The van der Waals surface area contributed by atoms with Gasteiger partial charge in [0.15, 0.2) is 0 Å². The SMILES string of the molecule is CC[C@@H](C)NC(=O)CCc1nc(-c2ccc(C)cc2)no1. The van der Waals surface area contributed by atoms with Crippen molar-refractivity contribution < 1.29 is 9.32 Å². The van der Waals surface area contributed by atoms with E-state index >= 15 is 0 Å². The van der Waals surface area contributed by atoms with Crippen molar-refractivity contribution in [3.05, 3.63) is 35.7 Å². The van der Waals surface area contributed by atoms with Gasteiger partial charge in [0.2, 0.25) is 17.6 Å². The molecule has 1 heterocycles. The van der Waals surface area contributed by atoms with E-state index in [9.17, 15) is 4.79 Å². The van der Waals surface area contributed by atoms with Crippen LogP contribution in [0.1, 0.15) is 38.1 Å². The Morgan fingerprint density at radius 3 is 2.71 bits per heavy atom. The van der Waals surface area contributed by atoms with Crippen molar-refractivity contribution >= 4 is 5.91 Å². The van der Waals surface area contributed by atoms with Crippen LogP contribution in [0.15, 0.2) is 28.8 Å². The van der Waals surface area contributed by atoms with Crippen molar-refractivity contribution in [3.8, 4) is 11.4 Å². The number of aromatic nitrogens is 2. The highest BCUT2D eigenvalue weighted by atomic mass is 16.5. The topological polar surface area (TPSA) is 68.0 Å². The van der Waals surface area contributed by atoms with E-state index in [2.05, 4.69) is 15.5 Å². The summed E-state index contributed by atoms with van der Waals surface area (Å²) in [4.78, 5) is 16.0. The number of rotatable bonds is 6. The summed E-state index contributed by atoms with van der Waals surface area (Å²) < 4.78 is 5.19. The molecule has 0 bridgehead atoms. The highest BCUT2D eigenvalue weighted by Crippen LogP contribution is 2.16. The van der Waals surface area contributed by atoms with Crippen LogP contribution >= 0.6 is 0 Å². The molecule has 1 aromatic heterocycles. The Kier molecular flexibility index (Phi) is 5.09. The van der Waals surface area contributed by atoms with Crippen molar-refractivity contribution in [2.75, 3.05) is 0 Å². The third kappa shape index (κ3) is 4.41. The van der Waals surface area contributed by atoms with E-state index in [1.54, 1.807) is 0 Å². The van der Waals surface area contributed by atoms with Crippen LogP contribution in [0.2, 0.25) is 0 Å². The summed E-state index contributed by atoms with van der Waals surface area (Å²) in [7, 11) is 0. The maximum atomic E-state index is 11.7. The average molecular weight is 287 g/mol. The van der Waals surface area contributed by atoms with Gasteiger partial charge >= 0.3 is 0 Å². The maximum Gasteiger partial charge on any atom is 0.227 e. The van der Waals surface area contributed by atoms with Crippen LogP contribution in [0, 0.1) is 6.92 Å². The predicted molar refractivity (Wildman–Crippen MR) is 80.7 cm³/mol. The van der Waals surface area contributed by atoms with Crippen molar-refractivity contribution in [1.29, 1.82) is 0 Å². The first-order valence-corrected chi connectivity index (χ1v) is 7.27. The van der Waals surface area contributed by atoms with E-state index in [1.807, 2.05) is 45.0 Å². The normalized spacial score (nSPS) is 12.1. The lowest BCUT2D eigenvalue weighted by Gasteiger charge is -2.10. The van der Waals surface area contributed by atoms with Gasteiger partial charge in [-0.15, -0.1) is 0 Å². The molecule has 2 rings (SSSR count). The van der Waals surface area contributed by atoms with E-state index in [0.717, 1.165) is 12.0 Å². The number of carbonyl (C=O) groups excluding carboxylic acids is 1. The summed E-state index contributed by atoms with van der Waals surface area (Å²) >= 11 is 0. The Labute approximate surface area is 124 Å². The number of aryl methyl sites for hydroxylation is 2. The van der Waals surface area contributed by atoms with E-state index in [4.69, 9.17) is 4.52 Å². The number of hydrogen-bond acceptors (Lipinski definition) is 4. The lowest BCUT2D eigenvalue weighted by molar-refractivity contribution is -0.121. The molecule has 1 N–H and O–H groups in total. The molecule has 1 atom stereocenters. The molecule has 2 aromatic rings. The van der Waals surface area contributed by atoms with E-state index in [-0.39, 0.29) is 11.9 Å². The van der Waals surface area contributed by atoms with Crippen LogP contribution in [0.5, 0.6) is 0 Å². The maximum absolute atomic E-state index is 11.7. The number of carbonyl (C=O) groups is 1. The van der Waals surface area contributed by atoms with Gasteiger partial charge in [-0.3, -0.25) is 4.79 Å². The minimum absolute atomic E-state index is 0.0134. The number of benzene rings is 1. The lowest BCUT2D eigenvalue weighted by atomic mass is 10.1. The fourth-order valence-corrected chi connectivity index (χ4v) is 1.85. The van der Waals surface area contributed by atoms with Crippen LogP contribution in [-0.2, 0) is 11.2 Å². The summed E-state index contributed by atoms with van der Waals surface area (Å²) in [5.41, 5.74) is 2.10. The molecule has 1 amide bonds. The molecule has 21 heavy (non-hydrogen) atoms. The Balaban J connectivity index is 1.91. The summed E-state index contributed by atoms with van der Waals surface area (Å²) in [6.45, 7) is 6.05. The number of nitrogens with one attached hydrogen (secondary N) is 1. The predicted octanol–water partition coefficient (Wildman–Crippen LogP) is 2.89. The van der Waals surface area contributed by atoms with Gasteiger partial charge in [-0.05, 0) is 20.3 Å². The van der Waals surface area contributed by atoms with Crippen LogP contribution in [0.3, 0.4) is 0 Å². The van der Waals surface area contributed by atoms with Gasteiger partial charge in [0, 0.05) is 24.4 Å². The van der Waals surface area contributed by atoms with E-state index in [1.165, 1.54) is 5.56 Å². The van der Waals surface area contributed by atoms with Gasteiger partial charge in [0.05, 0.1) is 0 Å². The van der Waals surface area contributed by atoms with Crippen molar-refractivity contribution in [1.82, 2.24) is 15.5 Å². The third-order valence-electron chi connectivity index (χ3n) is 3.36. The molecule has 0 saturated heterocycles. The number of nitrogens with zero attached hydrogens (tertiary/aromatic N) is 2. The molecule has 1 aromatic carbocycles. The second-order valence-corrected chi connectivity index (χ2v) is 5.25. The van der Waals surface area contributed by atoms with Gasteiger partial charge in [-0.2, -0.15) is 4.98 Å². The Morgan fingerprint density at radius 2 is 2.05 bits per heavy atom. The molecular weight excluding hydrogens is 266 g/mol. The minimum atomic E-state index is 0.0134. The molecule has 0 saturated carbocycles. The summed E-state index contributed by atoms with van der Waals surface area (Å²) in [5.74, 6) is 1.07. The molecule has 0 aliphatic heterocycles. The van der Waals surface area contributed by atoms with Crippen LogP contribution in [0.4, 0.5) is 0 Å². The first kappa shape index (κ1) is 15.2. The van der Waals surface area contributed by atoms with Gasteiger partial charge < -0.3 is 9.84 Å². The highest BCUT2D eigenvalue weighted by Gasteiger charge is 2.11. The van der Waals surface area contributed by atoms with Crippen LogP contribution < -0.4 is 5.32 Å². The van der Waals surface area contributed by atoms with Crippen molar-refractivity contribution in [2.45, 2.75) is 46.1 Å². The third-order valence-corrected chi connectivity index (χ3v) is 3.36. The smallest absolute Gasteiger partial charge is 0.227 e. The zero-order valence-corrected chi connectivity index (χ0v) is 12.7.